The first-order chi connectivity index (χ1) is 6.52. The summed E-state index contributed by atoms with van der Waals surface area (Å²) in [7, 11) is 0. The van der Waals surface area contributed by atoms with E-state index < -0.39 is 17.4 Å². The van der Waals surface area contributed by atoms with Crippen LogP contribution in [0.15, 0.2) is 0 Å². The summed E-state index contributed by atoms with van der Waals surface area (Å²) >= 11 is 0. The average molecular weight is 206 g/mol. The predicted octanol–water partition coefficient (Wildman–Crippen LogP) is 1.96. The van der Waals surface area contributed by atoms with Gasteiger partial charge in [-0.3, -0.25) is 0 Å². The molecule has 14 heavy (non-hydrogen) atoms. The third-order valence-corrected chi connectivity index (χ3v) is 3.22. The summed E-state index contributed by atoms with van der Waals surface area (Å²) in [5.41, 5.74) is -0.836. The van der Waals surface area contributed by atoms with Crippen LogP contribution in [-0.2, 0) is 4.74 Å². The highest BCUT2D eigenvalue weighted by atomic mass is 19.3. The molecule has 0 spiro atoms. The molecule has 0 bridgehead atoms. The predicted molar refractivity (Wildman–Crippen MR) is 47.3 cm³/mol. The van der Waals surface area contributed by atoms with Gasteiger partial charge in [-0.15, -0.1) is 0 Å². The molecule has 1 N–H and O–H groups in total. The van der Waals surface area contributed by atoms with Crippen molar-refractivity contribution < 1.29 is 18.6 Å². The molecule has 2 fully saturated rings. The van der Waals surface area contributed by atoms with Crippen LogP contribution in [0.25, 0.3) is 0 Å². The van der Waals surface area contributed by atoms with Crippen LogP contribution in [0.2, 0.25) is 0 Å². The molecule has 2 aliphatic rings. The monoisotopic (exact) mass is 206 g/mol. The summed E-state index contributed by atoms with van der Waals surface area (Å²) in [6.45, 7) is 0.993. The van der Waals surface area contributed by atoms with Gasteiger partial charge in [0.25, 0.3) is 5.92 Å². The Morgan fingerprint density at radius 1 is 1.43 bits per heavy atom. The molecule has 0 aromatic heterocycles. The van der Waals surface area contributed by atoms with Crippen molar-refractivity contribution in [3.05, 3.63) is 0 Å². The Morgan fingerprint density at radius 3 is 2.64 bits per heavy atom. The SMILES string of the molecule is OC1(CCC2CC2(F)F)CCCOC1. The zero-order valence-electron chi connectivity index (χ0n) is 8.14. The Balaban J connectivity index is 1.74. The van der Waals surface area contributed by atoms with Crippen molar-refractivity contribution in [3.8, 4) is 0 Å². The highest BCUT2D eigenvalue weighted by Gasteiger charge is 2.56. The van der Waals surface area contributed by atoms with Gasteiger partial charge in [0, 0.05) is 18.9 Å². The fourth-order valence-corrected chi connectivity index (χ4v) is 2.06. The highest BCUT2D eigenvalue weighted by molar-refractivity contribution is 4.96. The first-order valence-electron chi connectivity index (χ1n) is 5.20. The Morgan fingerprint density at radius 2 is 2.14 bits per heavy atom. The van der Waals surface area contributed by atoms with Crippen LogP contribution in [-0.4, -0.2) is 29.8 Å². The van der Waals surface area contributed by atoms with Crippen molar-refractivity contribution in [2.24, 2.45) is 5.92 Å². The van der Waals surface area contributed by atoms with Crippen molar-refractivity contribution in [2.45, 2.75) is 43.6 Å². The van der Waals surface area contributed by atoms with E-state index in [1.54, 1.807) is 0 Å². The molecule has 2 rings (SSSR count). The summed E-state index contributed by atoms with van der Waals surface area (Å²) in [5, 5.41) is 9.95. The maximum atomic E-state index is 12.6. The van der Waals surface area contributed by atoms with E-state index in [1.807, 2.05) is 0 Å². The molecule has 2 atom stereocenters. The van der Waals surface area contributed by atoms with Gasteiger partial charge in [0.1, 0.15) is 0 Å². The van der Waals surface area contributed by atoms with Crippen molar-refractivity contribution in [3.63, 3.8) is 0 Å². The van der Waals surface area contributed by atoms with Crippen molar-refractivity contribution in [1.29, 1.82) is 0 Å². The average Bonchev–Trinajstić information content (AvgIpc) is 2.73. The van der Waals surface area contributed by atoms with Gasteiger partial charge in [0.05, 0.1) is 12.2 Å². The van der Waals surface area contributed by atoms with Crippen LogP contribution in [0.1, 0.15) is 32.1 Å². The molecule has 4 heteroatoms. The lowest BCUT2D eigenvalue weighted by atomic mass is 9.90. The third-order valence-electron chi connectivity index (χ3n) is 3.22. The maximum absolute atomic E-state index is 12.6. The lowest BCUT2D eigenvalue weighted by molar-refractivity contribution is -0.0921. The Bertz CT molecular complexity index is 212. The number of hydrogen-bond acceptors (Lipinski definition) is 2. The van der Waals surface area contributed by atoms with E-state index in [0.29, 0.717) is 32.5 Å². The Labute approximate surface area is 82.3 Å². The summed E-state index contributed by atoms with van der Waals surface area (Å²) in [4.78, 5) is 0. The minimum Gasteiger partial charge on any atom is -0.387 e. The van der Waals surface area contributed by atoms with E-state index in [9.17, 15) is 13.9 Å². The Kier molecular flexibility index (Phi) is 2.52. The molecular weight excluding hydrogens is 190 g/mol. The molecule has 2 nitrogen and oxygen atoms in total. The molecule has 0 amide bonds. The third kappa shape index (κ3) is 2.23. The molecule has 2 unspecified atom stereocenters. The quantitative estimate of drug-likeness (QED) is 0.765. The van der Waals surface area contributed by atoms with Gasteiger partial charge in [-0.1, -0.05) is 0 Å². The maximum Gasteiger partial charge on any atom is 0.251 e. The van der Waals surface area contributed by atoms with Crippen molar-refractivity contribution >= 4 is 0 Å². The van der Waals surface area contributed by atoms with Gasteiger partial charge in [-0.2, -0.15) is 0 Å². The normalized spacial score (nSPS) is 40.9. The second-order valence-corrected chi connectivity index (χ2v) is 4.58. The molecule has 1 saturated carbocycles. The number of aliphatic hydroxyl groups is 1. The molecule has 0 aromatic rings. The number of ether oxygens (including phenoxy) is 1. The minimum atomic E-state index is -2.45. The largest absolute Gasteiger partial charge is 0.387 e. The summed E-state index contributed by atoms with van der Waals surface area (Å²) in [6.07, 6.45) is 2.40. The second-order valence-electron chi connectivity index (χ2n) is 4.58. The Hall–Kier alpha value is -0.220. The van der Waals surface area contributed by atoms with E-state index >= 15 is 0 Å². The van der Waals surface area contributed by atoms with Crippen molar-refractivity contribution in [2.75, 3.05) is 13.2 Å². The van der Waals surface area contributed by atoms with Crippen LogP contribution in [0, 0.1) is 5.92 Å². The minimum absolute atomic E-state index is 0.00391. The molecule has 1 saturated heterocycles. The molecule has 1 aliphatic carbocycles. The number of rotatable bonds is 3. The van der Waals surface area contributed by atoms with Gasteiger partial charge in [0.2, 0.25) is 0 Å². The van der Waals surface area contributed by atoms with Crippen LogP contribution >= 0.6 is 0 Å². The van der Waals surface area contributed by atoms with E-state index in [0.717, 1.165) is 6.42 Å². The van der Waals surface area contributed by atoms with Gasteiger partial charge >= 0.3 is 0 Å². The van der Waals surface area contributed by atoms with Gasteiger partial charge in [-0.25, -0.2) is 8.78 Å². The second kappa shape index (κ2) is 3.42. The standard InChI is InChI=1S/C10H16F2O2/c11-10(12)6-8(10)2-4-9(13)3-1-5-14-7-9/h8,13H,1-7H2. The van der Waals surface area contributed by atoms with Gasteiger partial charge in [0.15, 0.2) is 0 Å². The van der Waals surface area contributed by atoms with E-state index in [2.05, 4.69) is 0 Å². The van der Waals surface area contributed by atoms with Crippen molar-refractivity contribution in [1.82, 2.24) is 0 Å². The number of halogens is 2. The lowest BCUT2D eigenvalue weighted by Crippen LogP contribution is -2.38. The lowest BCUT2D eigenvalue weighted by Gasteiger charge is -2.31. The van der Waals surface area contributed by atoms with E-state index in [1.165, 1.54) is 0 Å². The first kappa shape index (κ1) is 10.3. The number of hydrogen-bond donors (Lipinski definition) is 1. The summed E-state index contributed by atoms with van der Waals surface area (Å²) < 4.78 is 30.3. The molecular formula is C10H16F2O2. The molecule has 1 aliphatic heterocycles. The summed E-state index contributed by atoms with van der Waals surface area (Å²) in [6, 6.07) is 0. The zero-order valence-corrected chi connectivity index (χ0v) is 8.14. The molecule has 1 heterocycles. The van der Waals surface area contributed by atoms with Gasteiger partial charge < -0.3 is 9.84 Å². The van der Waals surface area contributed by atoms with Crippen LogP contribution < -0.4 is 0 Å². The first-order valence-corrected chi connectivity index (χ1v) is 5.20. The van der Waals surface area contributed by atoms with E-state index in [4.69, 9.17) is 4.74 Å². The van der Waals surface area contributed by atoms with Crippen LogP contribution in [0.3, 0.4) is 0 Å². The fraction of sp³-hybridized carbons (Fsp3) is 1.00. The highest BCUT2D eigenvalue weighted by Crippen LogP contribution is 2.52. The van der Waals surface area contributed by atoms with Gasteiger partial charge in [-0.05, 0) is 25.7 Å². The topological polar surface area (TPSA) is 29.5 Å². The zero-order chi connectivity index (χ0) is 10.2. The molecule has 0 radical (unpaired) electrons. The smallest absolute Gasteiger partial charge is 0.251 e. The molecule has 0 aromatic carbocycles. The fourth-order valence-electron chi connectivity index (χ4n) is 2.06. The summed E-state index contributed by atoms with van der Waals surface area (Å²) in [5.74, 6) is -2.94. The van der Waals surface area contributed by atoms with Crippen LogP contribution in [0.5, 0.6) is 0 Å². The van der Waals surface area contributed by atoms with E-state index in [-0.39, 0.29) is 6.42 Å². The molecule has 82 valence electrons. The van der Waals surface area contributed by atoms with Crippen LogP contribution in [0.4, 0.5) is 8.78 Å². The number of alkyl halides is 2.